The summed E-state index contributed by atoms with van der Waals surface area (Å²) in [5.74, 6) is 0. The lowest BCUT2D eigenvalue weighted by Crippen LogP contribution is -2.00. The number of thiophene rings is 1. The molecule has 2 aromatic rings. The van der Waals surface area contributed by atoms with Crippen molar-refractivity contribution in [1.82, 2.24) is 4.98 Å². The standard InChI is InChI=1S/C10H9Cl2NOS2/c1-5-4-15-9(13-5)3-7(14)6-2-8(11)16-10(6)12/h2,4,7,14H,3H2,1H3. The first-order chi connectivity index (χ1) is 7.56. The number of halogens is 2. The molecule has 1 unspecified atom stereocenters. The maximum absolute atomic E-state index is 10.0. The van der Waals surface area contributed by atoms with Crippen LogP contribution < -0.4 is 0 Å². The number of thiazole rings is 1. The summed E-state index contributed by atoms with van der Waals surface area (Å²) in [5.41, 5.74) is 1.66. The zero-order valence-corrected chi connectivity index (χ0v) is 11.6. The van der Waals surface area contributed by atoms with Gasteiger partial charge in [0.15, 0.2) is 0 Å². The van der Waals surface area contributed by atoms with Crippen molar-refractivity contribution < 1.29 is 5.11 Å². The van der Waals surface area contributed by atoms with E-state index in [0.717, 1.165) is 10.7 Å². The van der Waals surface area contributed by atoms with Crippen molar-refractivity contribution in [3.8, 4) is 0 Å². The van der Waals surface area contributed by atoms with Crippen molar-refractivity contribution in [3.63, 3.8) is 0 Å². The highest BCUT2D eigenvalue weighted by Crippen LogP contribution is 2.36. The van der Waals surface area contributed by atoms with Crippen LogP contribution in [0.2, 0.25) is 8.67 Å². The molecule has 1 N–H and O–H groups in total. The summed E-state index contributed by atoms with van der Waals surface area (Å²) in [6.07, 6.45) is -0.160. The van der Waals surface area contributed by atoms with Crippen molar-refractivity contribution >= 4 is 45.9 Å². The van der Waals surface area contributed by atoms with Crippen molar-refractivity contribution in [1.29, 1.82) is 0 Å². The van der Waals surface area contributed by atoms with Crippen LogP contribution in [-0.2, 0) is 6.42 Å². The SMILES string of the molecule is Cc1csc(CC(O)c2cc(Cl)sc2Cl)n1. The van der Waals surface area contributed by atoms with E-state index in [-0.39, 0.29) is 0 Å². The number of rotatable bonds is 3. The van der Waals surface area contributed by atoms with E-state index in [9.17, 15) is 5.11 Å². The van der Waals surface area contributed by atoms with Crippen LogP contribution in [-0.4, -0.2) is 10.1 Å². The monoisotopic (exact) mass is 293 g/mol. The van der Waals surface area contributed by atoms with E-state index in [2.05, 4.69) is 4.98 Å². The van der Waals surface area contributed by atoms with Gasteiger partial charge < -0.3 is 5.11 Å². The minimum atomic E-state index is -0.637. The number of aliphatic hydroxyl groups is 1. The van der Waals surface area contributed by atoms with Gasteiger partial charge in [-0.3, -0.25) is 0 Å². The lowest BCUT2D eigenvalue weighted by atomic mass is 10.1. The molecule has 16 heavy (non-hydrogen) atoms. The highest BCUT2D eigenvalue weighted by atomic mass is 35.5. The molecule has 0 amide bonds. The number of aliphatic hydroxyl groups excluding tert-OH is 1. The second-order valence-corrected chi connectivity index (χ2v) is 6.61. The Morgan fingerprint density at radius 2 is 2.25 bits per heavy atom. The molecule has 86 valence electrons. The van der Waals surface area contributed by atoms with Crippen LogP contribution in [0.5, 0.6) is 0 Å². The molecular weight excluding hydrogens is 285 g/mol. The Bertz CT molecular complexity index is 495. The van der Waals surface area contributed by atoms with Gasteiger partial charge >= 0.3 is 0 Å². The minimum Gasteiger partial charge on any atom is -0.388 e. The summed E-state index contributed by atoms with van der Waals surface area (Å²) in [5, 5.41) is 12.9. The third kappa shape index (κ3) is 2.76. The van der Waals surface area contributed by atoms with Gasteiger partial charge in [0, 0.05) is 23.1 Å². The highest BCUT2D eigenvalue weighted by Gasteiger charge is 2.16. The van der Waals surface area contributed by atoms with Crippen molar-refractivity contribution in [2.24, 2.45) is 0 Å². The first kappa shape index (κ1) is 12.3. The smallest absolute Gasteiger partial charge is 0.100 e. The number of hydrogen-bond donors (Lipinski definition) is 1. The van der Waals surface area contributed by atoms with Crippen LogP contribution >= 0.6 is 45.9 Å². The molecule has 0 fully saturated rings. The first-order valence-corrected chi connectivity index (χ1v) is 7.05. The Morgan fingerprint density at radius 1 is 1.50 bits per heavy atom. The lowest BCUT2D eigenvalue weighted by molar-refractivity contribution is 0.179. The number of aryl methyl sites for hydroxylation is 1. The fraction of sp³-hybridized carbons (Fsp3) is 0.300. The molecule has 0 radical (unpaired) electrons. The molecule has 2 heterocycles. The van der Waals surface area contributed by atoms with Gasteiger partial charge in [0.25, 0.3) is 0 Å². The number of aromatic nitrogens is 1. The summed E-state index contributed by atoms with van der Waals surface area (Å²) in [6.45, 7) is 1.93. The molecule has 0 bridgehead atoms. The van der Waals surface area contributed by atoms with Crippen LogP contribution in [0.1, 0.15) is 22.4 Å². The lowest BCUT2D eigenvalue weighted by Gasteiger charge is -2.06. The third-order valence-electron chi connectivity index (χ3n) is 2.08. The van der Waals surface area contributed by atoms with Crippen LogP contribution in [0.4, 0.5) is 0 Å². The molecule has 0 spiro atoms. The van der Waals surface area contributed by atoms with Gasteiger partial charge in [0.1, 0.15) is 4.34 Å². The van der Waals surface area contributed by atoms with Crippen LogP contribution in [0.15, 0.2) is 11.4 Å². The fourth-order valence-corrected chi connectivity index (χ4v) is 3.73. The zero-order valence-electron chi connectivity index (χ0n) is 8.41. The van der Waals surface area contributed by atoms with Crippen molar-refractivity contribution in [2.75, 3.05) is 0 Å². The highest BCUT2D eigenvalue weighted by molar-refractivity contribution is 7.20. The van der Waals surface area contributed by atoms with Gasteiger partial charge in [-0.05, 0) is 13.0 Å². The van der Waals surface area contributed by atoms with E-state index in [1.807, 2.05) is 12.3 Å². The Labute approximate surface area is 111 Å². The molecule has 2 nitrogen and oxygen atoms in total. The van der Waals surface area contributed by atoms with E-state index in [0.29, 0.717) is 20.7 Å². The van der Waals surface area contributed by atoms with Gasteiger partial charge in [-0.1, -0.05) is 23.2 Å². The van der Waals surface area contributed by atoms with Gasteiger partial charge in [-0.25, -0.2) is 4.98 Å². The molecule has 0 saturated heterocycles. The maximum atomic E-state index is 10.0. The topological polar surface area (TPSA) is 33.1 Å². The second-order valence-electron chi connectivity index (χ2n) is 3.38. The summed E-state index contributed by atoms with van der Waals surface area (Å²) < 4.78 is 1.14. The normalized spacial score (nSPS) is 13.0. The minimum absolute atomic E-state index is 0.477. The summed E-state index contributed by atoms with van der Waals surface area (Å²) >= 11 is 14.6. The number of nitrogens with zero attached hydrogens (tertiary/aromatic N) is 1. The number of hydrogen-bond acceptors (Lipinski definition) is 4. The third-order valence-corrected chi connectivity index (χ3v) is 4.58. The molecule has 0 aliphatic carbocycles. The molecule has 6 heteroatoms. The van der Waals surface area contributed by atoms with Crippen molar-refractivity contribution in [3.05, 3.63) is 36.4 Å². The second kappa shape index (κ2) is 5.02. The van der Waals surface area contributed by atoms with Gasteiger partial charge in [0.2, 0.25) is 0 Å². The van der Waals surface area contributed by atoms with Crippen LogP contribution in [0.3, 0.4) is 0 Å². The van der Waals surface area contributed by atoms with Gasteiger partial charge in [-0.2, -0.15) is 0 Å². The van der Waals surface area contributed by atoms with E-state index >= 15 is 0 Å². The largest absolute Gasteiger partial charge is 0.388 e. The summed E-state index contributed by atoms with van der Waals surface area (Å²) in [6, 6.07) is 1.71. The quantitative estimate of drug-likeness (QED) is 0.924. The maximum Gasteiger partial charge on any atom is 0.100 e. The summed E-state index contributed by atoms with van der Waals surface area (Å²) in [4.78, 5) is 4.30. The van der Waals surface area contributed by atoms with E-state index < -0.39 is 6.10 Å². The van der Waals surface area contributed by atoms with E-state index in [4.69, 9.17) is 23.2 Å². The molecule has 2 rings (SSSR count). The molecule has 2 aromatic heterocycles. The summed E-state index contributed by atoms with van der Waals surface area (Å²) in [7, 11) is 0. The van der Waals surface area contributed by atoms with Gasteiger partial charge in [-0.15, -0.1) is 22.7 Å². The van der Waals surface area contributed by atoms with E-state index in [1.165, 1.54) is 11.3 Å². The average Bonchev–Trinajstić information content (AvgIpc) is 2.73. The molecular formula is C10H9Cl2NOS2. The van der Waals surface area contributed by atoms with E-state index in [1.54, 1.807) is 17.4 Å². The Kier molecular flexibility index (Phi) is 3.87. The first-order valence-electron chi connectivity index (χ1n) is 4.60. The van der Waals surface area contributed by atoms with Crippen LogP contribution in [0.25, 0.3) is 0 Å². The Hall–Kier alpha value is -0.130. The Balaban J connectivity index is 2.14. The molecule has 1 atom stereocenters. The molecule has 0 aliphatic heterocycles. The Morgan fingerprint density at radius 3 is 2.75 bits per heavy atom. The van der Waals surface area contributed by atoms with Crippen molar-refractivity contribution in [2.45, 2.75) is 19.4 Å². The average molecular weight is 294 g/mol. The fourth-order valence-electron chi connectivity index (χ4n) is 1.35. The van der Waals surface area contributed by atoms with Crippen LogP contribution in [0, 0.1) is 6.92 Å². The predicted molar refractivity (Wildman–Crippen MR) is 69.9 cm³/mol. The molecule has 0 aromatic carbocycles. The predicted octanol–water partition coefficient (Wildman–Crippen LogP) is 4.10. The van der Waals surface area contributed by atoms with Gasteiger partial charge in [0.05, 0.1) is 15.4 Å². The molecule has 0 saturated carbocycles. The molecule has 0 aliphatic rings. The zero-order chi connectivity index (χ0) is 11.7.